The van der Waals surface area contributed by atoms with E-state index >= 15 is 0 Å². The molecule has 0 spiro atoms. The van der Waals surface area contributed by atoms with E-state index in [0.29, 0.717) is 0 Å². The summed E-state index contributed by atoms with van der Waals surface area (Å²) >= 11 is 0. The van der Waals surface area contributed by atoms with Crippen LogP contribution in [-0.4, -0.2) is 47.7 Å². The van der Waals surface area contributed by atoms with Crippen LogP contribution < -0.4 is 5.32 Å². The van der Waals surface area contributed by atoms with Crippen molar-refractivity contribution in [3.05, 3.63) is 41.5 Å². The molecule has 2 aliphatic carbocycles. The van der Waals surface area contributed by atoms with Crippen LogP contribution in [0.15, 0.2) is 30.3 Å². The molecule has 1 aliphatic heterocycles. The van der Waals surface area contributed by atoms with E-state index in [4.69, 9.17) is 0 Å². The van der Waals surface area contributed by atoms with Gasteiger partial charge in [-0.3, -0.25) is 4.79 Å². The molecule has 1 saturated carbocycles. The van der Waals surface area contributed by atoms with Gasteiger partial charge >= 0.3 is 0 Å². The third kappa shape index (κ3) is 3.65. The number of benzene rings is 1. The molecule has 0 aromatic heterocycles. The first-order valence-corrected chi connectivity index (χ1v) is 11.2. The fourth-order valence-corrected chi connectivity index (χ4v) is 5.47. The topological polar surface area (TPSA) is 52.6 Å². The van der Waals surface area contributed by atoms with E-state index in [2.05, 4.69) is 42.6 Å². The molecule has 1 amide bonds. The molecule has 1 aromatic rings. The van der Waals surface area contributed by atoms with E-state index in [1.165, 1.54) is 36.0 Å². The SMILES string of the molecule is CCNC[C@H]1[C@@H](c2ccc(C3=CCCC3)cc2)[C@@H](CO)N1C(=O)C1CCCC1. The summed E-state index contributed by atoms with van der Waals surface area (Å²) in [6.45, 7) is 3.83. The van der Waals surface area contributed by atoms with Crippen LogP contribution in [0.3, 0.4) is 0 Å². The molecule has 4 heteroatoms. The lowest BCUT2D eigenvalue weighted by Gasteiger charge is -2.56. The quantitative estimate of drug-likeness (QED) is 0.756. The van der Waals surface area contributed by atoms with Gasteiger partial charge < -0.3 is 15.3 Å². The smallest absolute Gasteiger partial charge is 0.226 e. The van der Waals surface area contributed by atoms with Gasteiger partial charge in [-0.1, -0.05) is 50.1 Å². The minimum absolute atomic E-state index is 0.0403. The number of aliphatic hydroxyl groups excluding tert-OH is 1. The van der Waals surface area contributed by atoms with Gasteiger partial charge in [0.15, 0.2) is 0 Å². The molecule has 3 aliphatic rings. The van der Waals surface area contributed by atoms with Crippen LogP contribution in [0.5, 0.6) is 0 Å². The van der Waals surface area contributed by atoms with Crippen molar-refractivity contribution in [3.8, 4) is 0 Å². The van der Waals surface area contributed by atoms with Crippen LogP contribution in [0, 0.1) is 5.92 Å². The first kappa shape index (κ1) is 19.7. The maximum absolute atomic E-state index is 13.2. The van der Waals surface area contributed by atoms with Crippen molar-refractivity contribution in [2.24, 2.45) is 5.92 Å². The van der Waals surface area contributed by atoms with Crippen molar-refractivity contribution in [2.75, 3.05) is 19.7 Å². The van der Waals surface area contributed by atoms with E-state index in [1.807, 2.05) is 4.90 Å². The van der Waals surface area contributed by atoms with E-state index in [1.54, 1.807) is 0 Å². The van der Waals surface area contributed by atoms with Crippen LogP contribution in [0.2, 0.25) is 0 Å². The number of likely N-dealkylation sites (tertiary alicyclic amines) is 1. The lowest BCUT2D eigenvalue weighted by molar-refractivity contribution is -0.154. The Morgan fingerprint density at radius 1 is 1.14 bits per heavy atom. The number of allylic oxidation sites excluding steroid dienone is 2. The number of likely N-dealkylation sites (N-methyl/N-ethyl adjacent to an activating group) is 1. The van der Waals surface area contributed by atoms with Gasteiger partial charge in [-0.2, -0.15) is 0 Å². The third-order valence-corrected chi connectivity index (χ3v) is 7.00. The van der Waals surface area contributed by atoms with Gasteiger partial charge in [-0.15, -0.1) is 0 Å². The summed E-state index contributed by atoms with van der Waals surface area (Å²) in [5.41, 5.74) is 4.03. The van der Waals surface area contributed by atoms with Crippen LogP contribution in [0.1, 0.15) is 68.9 Å². The zero-order chi connectivity index (χ0) is 19.5. The fourth-order valence-electron chi connectivity index (χ4n) is 5.47. The monoisotopic (exact) mass is 382 g/mol. The minimum Gasteiger partial charge on any atom is -0.394 e. The Morgan fingerprint density at radius 3 is 2.50 bits per heavy atom. The Hall–Kier alpha value is -1.65. The van der Waals surface area contributed by atoms with Crippen LogP contribution in [0.25, 0.3) is 5.57 Å². The summed E-state index contributed by atoms with van der Waals surface area (Å²) in [6, 6.07) is 8.95. The molecule has 0 radical (unpaired) electrons. The van der Waals surface area contributed by atoms with Gasteiger partial charge in [0.25, 0.3) is 0 Å². The van der Waals surface area contributed by atoms with E-state index in [0.717, 1.165) is 38.8 Å². The normalized spacial score (nSPS) is 27.7. The largest absolute Gasteiger partial charge is 0.394 e. The summed E-state index contributed by atoms with van der Waals surface area (Å²) < 4.78 is 0. The van der Waals surface area contributed by atoms with Gasteiger partial charge in [-0.05, 0) is 55.3 Å². The number of rotatable bonds is 7. The third-order valence-electron chi connectivity index (χ3n) is 7.00. The Balaban J connectivity index is 1.54. The van der Waals surface area contributed by atoms with Crippen molar-refractivity contribution in [2.45, 2.75) is 69.9 Å². The molecule has 1 aromatic carbocycles. The summed E-state index contributed by atoms with van der Waals surface area (Å²) in [4.78, 5) is 15.2. The minimum atomic E-state index is -0.0895. The molecule has 2 N–H and O–H groups in total. The number of carbonyl (C=O) groups is 1. The maximum Gasteiger partial charge on any atom is 0.226 e. The molecule has 0 unspecified atom stereocenters. The highest BCUT2D eigenvalue weighted by atomic mass is 16.3. The first-order chi connectivity index (χ1) is 13.7. The average Bonchev–Trinajstić information content (AvgIpc) is 3.42. The van der Waals surface area contributed by atoms with E-state index in [-0.39, 0.29) is 36.4 Å². The van der Waals surface area contributed by atoms with Gasteiger partial charge in [0, 0.05) is 18.4 Å². The predicted molar refractivity (Wildman–Crippen MR) is 113 cm³/mol. The Morgan fingerprint density at radius 2 is 1.89 bits per heavy atom. The van der Waals surface area contributed by atoms with Crippen LogP contribution in [-0.2, 0) is 4.79 Å². The summed E-state index contributed by atoms with van der Waals surface area (Å²) in [5.74, 6) is 0.639. The highest BCUT2D eigenvalue weighted by Crippen LogP contribution is 2.43. The lowest BCUT2D eigenvalue weighted by atomic mass is 9.74. The molecule has 4 nitrogen and oxygen atoms in total. The Labute approximate surface area is 169 Å². The zero-order valence-corrected chi connectivity index (χ0v) is 17.1. The van der Waals surface area contributed by atoms with E-state index in [9.17, 15) is 9.90 Å². The maximum atomic E-state index is 13.2. The molecule has 1 heterocycles. The number of aliphatic hydroxyl groups is 1. The predicted octanol–water partition coefficient (Wildman–Crippen LogP) is 3.71. The van der Waals surface area contributed by atoms with Crippen molar-refractivity contribution < 1.29 is 9.90 Å². The van der Waals surface area contributed by atoms with E-state index < -0.39 is 0 Å². The second-order valence-electron chi connectivity index (χ2n) is 8.62. The number of nitrogens with one attached hydrogen (secondary N) is 1. The first-order valence-electron chi connectivity index (χ1n) is 11.2. The number of hydrogen-bond donors (Lipinski definition) is 2. The van der Waals surface area contributed by atoms with Crippen molar-refractivity contribution in [1.29, 1.82) is 0 Å². The molecule has 152 valence electrons. The number of carbonyl (C=O) groups excluding carboxylic acids is 1. The molecule has 1 saturated heterocycles. The van der Waals surface area contributed by atoms with Crippen LogP contribution >= 0.6 is 0 Å². The second-order valence-corrected chi connectivity index (χ2v) is 8.62. The van der Waals surface area contributed by atoms with Gasteiger partial charge in [0.2, 0.25) is 5.91 Å². The standard InChI is InChI=1S/C24H34N2O2/c1-2-25-15-21-23(19-13-11-18(12-14-19)17-7-3-4-8-17)22(16-27)26(21)24(28)20-9-5-6-10-20/h7,11-14,20-23,25,27H,2-6,8-10,15-16H2,1H3/t21-,22+,23+/m0/s1. The van der Waals surface area contributed by atoms with Gasteiger partial charge in [-0.25, -0.2) is 0 Å². The van der Waals surface area contributed by atoms with Crippen molar-refractivity contribution in [1.82, 2.24) is 10.2 Å². The molecule has 3 atom stereocenters. The highest BCUT2D eigenvalue weighted by molar-refractivity contribution is 5.81. The second kappa shape index (κ2) is 8.79. The summed E-state index contributed by atoms with van der Waals surface area (Å²) in [6.07, 6.45) is 10.3. The Bertz CT molecular complexity index is 706. The summed E-state index contributed by atoms with van der Waals surface area (Å²) in [5, 5.41) is 13.6. The zero-order valence-electron chi connectivity index (χ0n) is 17.1. The molecule has 0 bridgehead atoms. The highest BCUT2D eigenvalue weighted by Gasteiger charge is 2.51. The lowest BCUT2D eigenvalue weighted by Crippen LogP contribution is -2.69. The summed E-state index contributed by atoms with van der Waals surface area (Å²) in [7, 11) is 0. The van der Waals surface area contributed by atoms with Crippen molar-refractivity contribution in [3.63, 3.8) is 0 Å². The van der Waals surface area contributed by atoms with Gasteiger partial charge in [0.1, 0.15) is 0 Å². The Kier molecular flexibility index (Phi) is 6.17. The molecular weight excluding hydrogens is 348 g/mol. The fraction of sp³-hybridized carbons (Fsp3) is 0.625. The number of amides is 1. The van der Waals surface area contributed by atoms with Gasteiger partial charge in [0.05, 0.1) is 18.7 Å². The van der Waals surface area contributed by atoms with Crippen LogP contribution in [0.4, 0.5) is 0 Å². The molecule has 2 fully saturated rings. The van der Waals surface area contributed by atoms with Crippen molar-refractivity contribution >= 4 is 11.5 Å². The number of nitrogens with zero attached hydrogens (tertiary/aromatic N) is 1. The molecular formula is C24H34N2O2. The molecule has 28 heavy (non-hydrogen) atoms. The molecule has 4 rings (SSSR count). The average molecular weight is 383 g/mol. The number of hydrogen-bond acceptors (Lipinski definition) is 3.